The molecule has 0 fully saturated rings. The van der Waals surface area contributed by atoms with E-state index < -0.39 is 27.2 Å². The minimum atomic E-state index is -5.94. The number of hydrogen-bond donors (Lipinski definition) is 1. The van der Waals surface area contributed by atoms with Crippen molar-refractivity contribution in [3.63, 3.8) is 0 Å². The van der Waals surface area contributed by atoms with Crippen molar-refractivity contribution in [3.8, 4) is 16.9 Å². The number of nitrogens with one attached hydrogen (secondary N) is 1. The van der Waals surface area contributed by atoms with E-state index in [4.69, 9.17) is 0 Å². The molecule has 0 atom stereocenters. The summed E-state index contributed by atoms with van der Waals surface area (Å²) >= 11 is 0. The van der Waals surface area contributed by atoms with Crippen LogP contribution in [0.3, 0.4) is 0 Å². The Kier molecular flexibility index (Phi) is 3.51. The zero-order valence-corrected chi connectivity index (χ0v) is 12.6. The average molecular weight is 364 g/mol. The van der Waals surface area contributed by atoms with E-state index in [9.17, 15) is 26.0 Å². The third-order valence-corrected chi connectivity index (χ3v) is 4.09. The van der Waals surface area contributed by atoms with Crippen molar-refractivity contribution in [3.05, 3.63) is 30.5 Å². The van der Waals surface area contributed by atoms with Crippen molar-refractivity contribution in [1.29, 1.82) is 0 Å². The minimum Gasteiger partial charge on any atom is -0.374 e. The molecule has 0 amide bonds. The number of benzene rings is 1. The second kappa shape index (κ2) is 5.19. The average Bonchev–Trinajstić information content (AvgIpc) is 3.06. The molecule has 3 rings (SSSR count). The second-order valence-electron chi connectivity index (χ2n) is 4.78. The first-order chi connectivity index (χ1) is 11.1. The number of H-pyrrole nitrogens is 1. The Morgan fingerprint density at radius 1 is 1.29 bits per heavy atom. The van der Waals surface area contributed by atoms with E-state index in [1.54, 1.807) is 7.05 Å². The van der Waals surface area contributed by atoms with Crippen molar-refractivity contribution < 1.29 is 30.2 Å². The summed E-state index contributed by atoms with van der Waals surface area (Å²) in [6, 6.07) is 0.548. The summed E-state index contributed by atoms with van der Waals surface area (Å²) in [5.41, 5.74) is -5.49. The zero-order valence-electron chi connectivity index (χ0n) is 11.8. The Morgan fingerprint density at radius 2 is 2.00 bits per heavy atom. The van der Waals surface area contributed by atoms with Crippen LogP contribution in [0, 0.1) is 5.82 Å². The third-order valence-electron chi connectivity index (χ3n) is 3.13. The maximum absolute atomic E-state index is 14.4. The van der Waals surface area contributed by atoms with Crippen molar-refractivity contribution >= 4 is 21.0 Å². The van der Waals surface area contributed by atoms with Gasteiger partial charge < -0.3 is 4.18 Å². The number of alkyl halides is 3. The summed E-state index contributed by atoms with van der Waals surface area (Å²) < 4.78 is 79.4. The van der Waals surface area contributed by atoms with E-state index in [0.717, 1.165) is 6.20 Å². The number of hydrogen-bond acceptors (Lipinski definition) is 5. The number of fused-ring (bicyclic) bond motifs is 1. The number of halogens is 4. The standard InChI is InChI=1S/C12H8F4N4O3S/c1-20-5-6(3-18-20)10-7-4-17-19-11(7)9(2-8(10)13)23-24(21,22)12(14,15)16/h2-5H,1H3,(H,17,19). The monoisotopic (exact) mass is 364 g/mol. The molecule has 2 heterocycles. The number of aromatic nitrogens is 4. The van der Waals surface area contributed by atoms with Gasteiger partial charge in [-0.25, -0.2) is 4.39 Å². The van der Waals surface area contributed by atoms with Crippen LogP contribution in [-0.2, 0) is 17.2 Å². The summed E-state index contributed by atoms with van der Waals surface area (Å²) in [5.74, 6) is -1.82. The maximum Gasteiger partial charge on any atom is 0.534 e. The molecule has 7 nitrogen and oxygen atoms in total. The van der Waals surface area contributed by atoms with Gasteiger partial charge in [0.25, 0.3) is 0 Å². The third kappa shape index (κ3) is 2.58. The molecule has 12 heteroatoms. The van der Waals surface area contributed by atoms with Crippen LogP contribution < -0.4 is 4.18 Å². The van der Waals surface area contributed by atoms with Gasteiger partial charge in [-0.15, -0.1) is 0 Å². The number of aromatic amines is 1. The Balaban J connectivity index is 2.19. The predicted octanol–water partition coefficient (Wildman–Crippen LogP) is 2.33. The van der Waals surface area contributed by atoms with Crippen LogP contribution in [-0.4, -0.2) is 33.9 Å². The van der Waals surface area contributed by atoms with Gasteiger partial charge >= 0.3 is 15.6 Å². The lowest BCUT2D eigenvalue weighted by Gasteiger charge is -2.11. The second-order valence-corrected chi connectivity index (χ2v) is 6.31. The van der Waals surface area contributed by atoms with Crippen molar-refractivity contribution in [1.82, 2.24) is 20.0 Å². The van der Waals surface area contributed by atoms with Crippen LogP contribution >= 0.6 is 0 Å². The lowest BCUT2D eigenvalue weighted by atomic mass is 10.0. The summed E-state index contributed by atoms with van der Waals surface area (Å²) in [4.78, 5) is 0. The molecule has 0 unspecified atom stereocenters. The summed E-state index contributed by atoms with van der Waals surface area (Å²) in [5, 5.41) is 9.85. The highest BCUT2D eigenvalue weighted by atomic mass is 32.2. The molecule has 0 bridgehead atoms. The summed E-state index contributed by atoms with van der Waals surface area (Å²) in [6.07, 6.45) is 3.98. The first kappa shape index (κ1) is 16.2. The fourth-order valence-electron chi connectivity index (χ4n) is 2.13. The van der Waals surface area contributed by atoms with Gasteiger partial charge in [0.15, 0.2) is 5.75 Å². The van der Waals surface area contributed by atoms with E-state index >= 15 is 0 Å². The molecule has 0 aliphatic heterocycles. The summed E-state index contributed by atoms with van der Waals surface area (Å²) in [6.45, 7) is 0. The molecule has 0 radical (unpaired) electrons. The Morgan fingerprint density at radius 3 is 2.58 bits per heavy atom. The first-order valence-electron chi connectivity index (χ1n) is 6.25. The van der Waals surface area contributed by atoms with Crippen LogP contribution in [0.15, 0.2) is 24.7 Å². The Hall–Kier alpha value is -2.63. The SMILES string of the molecule is Cn1cc(-c2c(F)cc(OS(=O)(=O)C(F)(F)F)c3[nH]ncc23)cn1. The number of aryl methyl sites for hydroxylation is 1. The minimum absolute atomic E-state index is 0.00334. The predicted molar refractivity (Wildman–Crippen MR) is 73.9 cm³/mol. The van der Waals surface area contributed by atoms with Crippen LogP contribution in [0.1, 0.15) is 0 Å². The van der Waals surface area contributed by atoms with E-state index in [-0.39, 0.29) is 16.5 Å². The molecule has 0 spiro atoms. The lowest BCUT2D eigenvalue weighted by molar-refractivity contribution is -0.0499. The Bertz CT molecular complexity index is 1020. The molecule has 24 heavy (non-hydrogen) atoms. The lowest BCUT2D eigenvalue weighted by Crippen LogP contribution is -2.28. The van der Waals surface area contributed by atoms with E-state index in [0.29, 0.717) is 11.6 Å². The van der Waals surface area contributed by atoms with Gasteiger partial charge in [0, 0.05) is 35.8 Å². The largest absolute Gasteiger partial charge is 0.534 e. The topological polar surface area (TPSA) is 89.9 Å². The molecule has 0 aliphatic rings. The van der Waals surface area contributed by atoms with Crippen molar-refractivity contribution in [2.45, 2.75) is 5.51 Å². The van der Waals surface area contributed by atoms with Gasteiger partial charge in [0.1, 0.15) is 11.3 Å². The van der Waals surface area contributed by atoms with Gasteiger partial charge in [-0.3, -0.25) is 9.78 Å². The van der Waals surface area contributed by atoms with Gasteiger partial charge in [0.2, 0.25) is 0 Å². The van der Waals surface area contributed by atoms with Crippen LogP contribution in [0.25, 0.3) is 22.0 Å². The van der Waals surface area contributed by atoms with Crippen LogP contribution in [0.2, 0.25) is 0 Å². The molecular formula is C12H8F4N4O3S. The quantitative estimate of drug-likeness (QED) is 0.438. The van der Waals surface area contributed by atoms with Gasteiger partial charge in [0.05, 0.1) is 12.4 Å². The van der Waals surface area contributed by atoms with Gasteiger partial charge in [-0.1, -0.05) is 0 Å². The molecular weight excluding hydrogens is 356 g/mol. The van der Waals surface area contributed by atoms with E-state index in [1.807, 2.05) is 0 Å². The normalized spacial score (nSPS) is 12.7. The molecule has 0 saturated carbocycles. The smallest absolute Gasteiger partial charge is 0.374 e. The van der Waals surface area contributed by atoms with E-state index in [1.165, 1.54) is 17.1 Å². The van der Waals surface area contributed by atoms with Crippen LogP contribution in [0.5, 0.6) is 5.75 Å². The highest BCUT2D eigenvalue weighted by molar-refractivity contribution is 7.88. The zero-order chi connectivity index (χ0) is 17.7. The first-order valence-corrected chi connectivity index (χ1v) is 7.66. The molecule has 1 N–H and O–H groups in total. The summed E-state index contributed by atoms with van der Waals surface area (Å²) in [7, 11) is -4.34. The molecule has 1 aromatic carbocycles. The highest BCUT2D eigenvalue weighted by Gasteiger charge is 2.49. The Labute approximate surface area is 132 Å². The molecule has 3 aromatic rings. The van der Waals surface area contributed by atoms with Gasteiger partial charge in [-0.2, -0.15) is 31.8 Å². The van der Waals surface area contributed by atoms with E-state index in [2.05, 4.69) is 19.5 Å². The van der Waals surface area contributed by atoms with Crippen molar-refractivity contribution in [2.75, 3.05) is 0 Å². The number of rotatable bonds is 3. The fourth-order valence-corrected chi connectivity index (χ4v) is 2.59. The van der Waals surface area contributed by atoms with Gasteiger partial charge in [-0.05, 0) is 0 Å². The van der Waals surface area contributed by atoms with Crippen molar-refractivity contribution in [2.24, 2.45) is 7.05 Å². The molecule has 2 aromatic heterocycles. The molecule has 0 saturated heterocycles. The van der Waals surface area contributed by atoms with Crippen LogP contribution in [0.4, 0.5) is 17.6 Å². The number of nitrogens with zero attached hydrogens (tertiary/aromatic N) is 3. The molecule has 0 aliphatic carbocycles. The fraction of sp³-hybridized carbons (Fsp3) is 0.167. The highest BCUT2D eigenvalue weighted by Crippen LogP contribution is 2.37. The molecule has 128 valence electrons. The maximum atomic E-state index is 14.4.